The molecule has 3 rings (SSSR count). The van der Waals surface area contributed by atoms with Gasteiger partial charge in [-0.05, 0) is 25.0 Å². The standard InChI is InChI=1S/C11H9FN2O/c12-8-2-1-3-9-10(8)11(15)14(6-13-9)7-4-5-7/h1-3,6-7H,4-5H2. The maximum Gasteiger partial charge on any atom is 0.264 e. The van der Waals surface area contributed by atoms with Crippen LogP contribution in [0.1, 0.15) is 18.9 Å². The highest BCUT2D eigenvalue weighted by Gasteiger charge is 2.25. The van der Waals surface area contributed by atoms with E-state index in [-0.39, 0.29) is 17.0 Å². The molecule has 76 valence electrons. The molecule has 2 aromatic rings. The zero-order valence-corrected chi connectivity index (χ0v) is 7.98. The molecule has 0 unspecified atom stereocenters. The first-order chi connectivity index (χ1) is 7.27. The van der Waals surface area contributed by atoms with Crippen LogP contribution in [-0.2, 0) is 0 Å². The summed E-state index contributed by atoms with van der Waals surface area (Å²) in [5, 5.41) is 0.104. The molecular formula is C11H9FN2O. The first-order valence-corrected chi connectivity index (χ1v) is 4.93. The van der Waals surface area contributed by atoms with Crippen molar-refractivity contribution in [3.05, 3.63) is 40.7 Å². The second-order valence-electron chi connectivity index (χ2n) is 3.82. The van der Waals surface area contributed by atoms with Crippen LogP contribution in [0, 0.1) is 5.82 Å². The lowest BCUT2D eigenvalue weighted by Crippen LogP contribution is -2.20. The van der Waals surface area contributed by atoms with Crippen LogP contribution in [0.2, 0.25) is 0 Å². The van der Waals surface area contributed by atoms with Crippen LogP contribution >= 0.6 is 0 Å². The minimum absolute atomic E-state index is 0.104. The third kappa shape index (κ3) is 1.25. The summed E-state index contributed by atoms with van der Waals surface area (Å²) in [4.78, 5) is 16.0. The van der Waals surface area contributed by atoms with Crippen molar-refractivity contribution < 1.29 is 4.39 Å². The molecule has 0 bridgehead atoms. The van der Waals surface area contributed by atoms with Crippen LogP contribution in [-0.4, -0.2) is 9.55 Å². The van der Waals surface area contributed by atoms with Crippen LogP contribution < -0.4 is 5.56 Å². The second-order valence-corrected chi connectivity index (χ2v) is 3.82. The van der Waals surface area contributed by atoms with E-state index in [1.807, 2.05) is 0 Å². The van der Waals surface area contributed by atoms with E-state index in [2.05, 4.69) is 4.98 Å². The predicted octanol–water partition coefficient (Wildman–Crippen LogP) is 1.87. The molecule has 0 aliphatic heterocycles. The van der Waals surface area contributed by atoms with Crippen molar-refractivity contribution in [1.29, 1.82) is 0 Å². The summed E-state index contributed by atoms with van der Waals surface area (Å²) < 4.78 is 15.0. The van der Waals surface area contributed by atoms with Gasteiger partial charge in [-0.25, -0.2) is 9.37 Å². The van der Waals surface area contributed by atoms with Gasteiger partial charge >= 0.3 is 0 Å². The minimum Gasteiger partial charge on any atom is -0.296 e. The average molecular weight is 204 g/mol. The third-order valence-corrected chi connectivity index (χ3v) is 2.70. The fourth-order valence-corrected chi connectivity index (χ4v) is 1.75. The first-order valence-electron chi connectivity index (χ1n) is 4.93. The van der Waals surface area contributed by atoms with Gasteiger partial charge in [-0.3, -0.25) is 9.36 Å². The molecule has 1 aliphatic rings. The summed E-state index contributed by atoms with van der Waals surface area (Å²) in [6.45, 7) is 0. The second kappa shape index (κ2) is 2.89. The topological polar surface area (TPSA) is 34.9 Å². The molecule has 1 fully saturated rings. The van der Waals surface area contributed by atoms with E-state index in [0.717, 1.165) is 12.8 Å². The first kappa shape index (κ1) is 8.59. The minimum atomic E-state index is -0.486. The Bertz CT molecular complexity index is 587. The number of halogens is 1. The molecule has 1 aromatic heterocycles. The Kier molecular flexibility index (Phi) is 1.65. The van der Waals surface area contributed by atoms with E-state index >= 15 is 0 Å². The summed E-state index contributed by atoms with van der Waals surface area (Å²) in [6, 6.07) is 4.74. The average Bonchev–Trinajstić information content (AvgIpc) is 3.02. The molecular weight excluding hydrogens is 195 g/mol. The van der Waals surface area contributed by atoms with Crippen molar-refractivity contribution in [1.82, 2.24) is 9.55 Å². The number of rotatable bonds is 1. The molecule has 0 amide bonds. The lowest BCUT2D eigenvalue weighted by molar-refractivity contribution is 0.631. The number of fused-ring (bicyclic) bond motifs is 1. The normalized spacial score (nSPS) is 15.8. The Morgan fingerprint density at radius 3 is 2.93 bits per heavy atom. The molecule has 3 nitrogen and oxygen atoms in total. The van der Waals surface area contributed by atoms with Crippen LogP contribution in [0.4, 0.5) is 4.39 Å². The summed E-state index contributed by atoms with van der Waals surface area (Å²) in [5.41, 5.74) is 0.164. The highest BCUT2D eigenvalue weighted by Crippen LogP contribution is 2.33. The van der Waals surface area contributed by atoms with Gasteiger partial charge in [0.15, 0.2) is 0 Å². The third-order valence-electron chi connectivity index (χ3n) is 2.70. The highest BCUT2D eigenvalue weighted by molar-refractivity contribution is 5.77. The van der Waals surface area contributed by atoms with Crippen molar-refractivity contribution in [2.45, 2.75) is 18.9 Å². The Morgan fingerprint density at radius 1 is 1.40 bits per heavy atom. The Balaban J connectivity index is 2.40. The van der Waals surface area contributed by atoms with E-state index < -0.39 is 5.82 Å². The zero-order chi connectivity index (χ0) is 10.4. The SMILES string of the molecule is O=c1c2c(F)cccc2ncn1C1CC1. The molecule has 1 aromatic carbocycles. The summed E-state index contributed by atoms with van der Waals surface area (Å²) >= 11 is 0. The van der Waals surface area contributed by atoms with Gasteiger partial charge < -0.3 is 0 Å². The number of aromatic nitrogens is 2. The van der Waals surface area contributed by atoms with Gasteiger partial charge in [-0.15, -0.1) is 0 Å². The van der Waals surface area contributed by atoms with Crippen molar-refractivity contribution >= 4 is 10.9 Å². The monoisotopic (exact) mass is 204 g/mol. The lowest BCUT2D eigenvalue weighted by atomic mass is 10.2. The molecule has 4 heteroatoms. The lowest BCUT2D eigenvalue weighted by Gasteiger charge is -2.04. The van der Waals surface area contributed by atoms with Gasteiger partial charge in [0.25, 0.3) is 5.56 Å². The largest absolute Gasteiger partial charge is 0.296 e. The Morgan fingerprint density at radius 2 is 2.20 bits per heavy atom. The van der Waals surface area contributed by atoms with Crippen molar-refractivity contribution in [3.63, 3.8) is 0 Å². The smallest absolute Gasteiger partial charge is 0.264 e. The van der Waals surface area contributed by atoms with Gasteiger partial charge in [-0.2, -0.15) is 0 Å². The van der Waals surface area contributed by atoms with Crippen LogP contribution in [0.15, 0.2) is 29.3 Å². The molecule has 0 spiro atoms. The number of hydrogen-bond acceptors (Lipinski definition) is 2. The molecule has 0 saturated heterocycles. The van der Waals surface area contributed by atoms with E-state index in [0.29, 0.717) is 5.52 Å². The van der Waals surface area contributed by atoms with Crippen LogP contribution in [0.25, 0.3) is 10.9 Å². The van der Waals surface area contributed by atoms with Gasteiger partial charge in [0, 0.05) is 6.04 Å². The zero-order valence-electron chi connectivity index (χ0n) is 7.98. The van der Waals surface area contributed by atoms with Crippen LogP contribution in [0.5, 0.6) is 0 Å². The molecule has 1 heterocycles. The van der Waals surface area contributed by atoms with Gasteiger partial charge in [0.1, 0.15) is 11.2 Å². The van der Waals surface area contributed by atoms with Crippen molar-refractivity contribution in [2.75, 3.05) is 0 Å². The predicted molar refractivity (Wildman–Crippen MR) is 54.2 cm³/mol. The number of nitrogens with zero attached hydrogens (tertiary/aromatic N) is 2. The van der Waals surface area contributed by atoms with E-state index in [4.69, 9.17) is 0 Å². The van der Waals surface area contributed by atoms with E-state index in [1.54, 1.807) is 12.1 Å². The van der Waals surface area contributed by atoms with E-state index in [1.165, 1.54) is 17.0 Å². The van der Waals surface area contributed by atoms with Gasteiger partial charge in [0.2, 0.25) is 0 Å². The summed E-state index contributed by atoms with van der Waals surface area (Å²) in [5.74, 6) is -0.486. The quantitative estimate of drug-likeness (QED) is 0.710. The molecule has 0 radical (unpaired) electrons. The molecule has 1 saturated carbocycles. The Labute approximate surface area is 85.2 Å². The Hall–Kier alpha value is -1.71. The molecule has 15 heavy (non-hydrogen) atoms. The maximum atomic E-state index is 13.5. The summed E-state index contributed by atoms with van der Waals surface area (Å²) in [7, 11) is 0. The van der Waals surface area contributed by atoms with Crippen molar-refractivity contribution in [2.24, 2.45) is 0 Å². The number of benzene rings is 1. The fourth-order valence-electron chi connectivity index (χ4n) is 1.75. The molecule has 0 N–H and O–H groups in total. The van der Waals surface area contributed by atoms with Gasteiger partial charge in [-0.1, -0.05) is 6.07 Å². The van der Waals surface area contributed by atoms with Crippen molar-refractivity contribution in [3.8, 4) is 0 Å². The number of hydrogen-bond donors (Lipinski definition) is 0. The van der Waals surface area contributed by atoms with Crippen LogP contribution in [0.3, 0.4) is 0 Å². The fraction of sp³-hybridized carbons (Fsp3) is 0.273. The van der Waals surface area contributed by atoms with Gasteiger partial charge in [0.05, 0.1) is 11.8 Å². The summed E-state index contributed by atoms with van der Waals surface area (Å²) in [6.07, 6.45) is 3.49. The van der Waals surface area contributed by atoms with E-state index in [9.17, 15) is 9.18 Å². The molecule has 1 aliphatic carbocycles. The molecule has 0 atom stereocenters. The maximum absolute atomic E-state index is 13.5. The highest BCUT2D eigenvalue weighted by atomic mass is 19.1.